The zero-order valence-corrected chi connectivity index (χ0v) is 15.9. The van der Waals surface area contributed by atoms with Crippen LogP contribution in [0.5, 0.6) is 0 Å². The van der Waals surface area contributed by atoms with E-state index in [1.54, 1.807) is 0 Å². The molecule has 0 amide bonds. The van der Waals surface area contributed by atoms with Crippen LogP contribution in [0.25, 0.3) is 0 Å². The van der Waals surface area contributed by atoms with Crippen LogP contribution < -0.4 is 5.32 Å². The van der Waals surface area contributed by atoms with Gasteiger partial charge in [-0.15, -0.1) is 0 Å². The van der Waals surface area contributed by atoms with E-state index < -0.39 is 0 Å². The maximum absolute atomic E-state index is 3.70. The molecule has 0 bridgehead atoms. The zero-order valence-electron chi connectivity index (χ0n) is 15.9. The van der Waals surface area contributed by atoms with Crippen LogP contribution in [0.4, 0.5) is 0 Å². The van der Waals surface area contributed by atoms with E-state index in [4.69, 9.17) is 0 Å². The van der Waals surface area contributed by atoms with E-state index >= 15 is 0 Å². The maximum atomic E-state index is 3.70. The molecule has 1 unspecified atom stereocenters. The van der Waals surface area contributed by atoms with E-state index in [-0.39, 0.29) is 0 Å². The first-order chi connectivity index (χ1) is 11.2. The second-order valence-electron chi connectivity index (χ2n) is 6.62. The van der Waals surface area contributed by atoms with Crippen molar-refractivity contribution in [3.05, 3.63) is 35.4 Å². The Morgan fingerprint density at radius 1 is 0.870 bits per heavy atom. The van der Waals surface area contributed by atoms with Crippen LogP contribution in [0.1, 0.15) is 76.5 Å². The van der Waals surface area contributed by atoms with Crippen molar-refractivity contribution < 1.29 is 0 Å². The van der Waals surface area contributed by atoms with Crippen LogP contribution >= 0.6 is 0 Å². The summed E-state index contributed by atoms with van der Waals surface area (Å²) in [5.74, 6) is 0. The second kappa shape index (κ2) is 12.5. The summed E-state index contributed by atoms with van der Waals surface area (Å²) in [4.78, 5) is 2.55. The fraction of sp³-hybridized carbons (Fsp3) is 0.714. The molecule has 132 valence electrons. The highest BCUT2D eigenvalue weighted by Crippen LogP contribution is 2.20. The van der Waals surface area contributed by atoms with E-state index in [2.05, 4.69) is 62.2 Å². The predicted octanol–water partition coefficient (Wildman–Crippen LogP) is 5.33. The molecule has 0 aliphatic heterocycles. The lowest BCUT2D eigenvalue weighted by molar-refractivity contribution is 0.213. The molecule has 0 saturated heterocycles. The van der Waals surface area contributed by atoms with Crippen molar-refractivity contribution in [2.45, 2.75) is 72.3 Å². The van der Waals surface area contributed by atoms with Crippen LogP contribution in [0, 0.1) is 6.92 Å². The van der Waals surface area contributed by atoms with Crippen molar-refractivity contribution in [3.63, 3.8) is 0 Å². The van der Waals surface area contributed by atoms with E-state index in [1.807, 2.05) is 0 Å². The molecule has 1 rings (SSSR count). The highest BCUT2D eigenvalue weighted by molar-refractivity contribution is 5.24. The first-order valence-electron chi connectivity index (χ1n) is 9.74. The third kappa shape index (κ3) is 7.99. The molecule has 0 spiro atoms. The molecule has 0 aliphatic carbocycles. The number of nitrogens with one attached hydrogen (secondary N) is 1. The summed E-state index contributed by atoms with van der Waals surface area (Å²) in [7, 11) is 0. The summed E-state index contributed by atoms with van der Waals surface area (Å²) in [6.07, 6.45) is 8.20. The Balaban J connectivity index is 2.40. The number of hydrogen-bond acceptors (Lipinski definition) is 2. The fourth-order valence-electron chi connectivity index (χ4n) is 3.18. The fourth-order valence-corrected chi connectivity index (χ4v) is 3.18. The van der Waals surface area contributed by atoms with Crippen molar-refractivity contribution >= 4 is 0 Å². The molecule has 0 fully saturated rings. The first-order valence-corrected chi connectivity index (χ1v) is 9.74. The van der Waals surface area contributed by atoms with Crippen molar-refractivity contribution in [2.24, 2.45) is 0 Å². The Hall–Kier alpha value is -0.860. The number of aryl methyl sites for hydroxylation is 1. The van der Waals surface area contributed by atoms with Gasteiger partial charge in [-0.25, -0.2) is 0 Å². The average molecular weight is 319 g/mol. The molecule has 23 heavy (non-hydrogen) atoms. The summed E-state index contributed by atoms with van der Waals surface area (Å²) >= 11 is 0. The Morgan fingerprint density at radius 2 is 1.48 bits per heavy atom. The lowest BCUT2D eigenvalue weighted by Gasteiger charge is -2.30. The lowest BCUT2D eigenvalue weighted by Crippen LogP contribution is -2.36. The maximum Gasteiger partial charge on any atom is 0.0472 e. The third-order valence-electron chi connectivity index (χ3n) is 4.76. The molecule has 1 aromatic rings. The highest BCUT2D eigenvalue weighted by atomic mass is 15.2. The van der Waals surface area contributed by atoms with Crippen LogP contribution in [-0.2, 0) is 0 Å². The molecule has 0 aromatic heterocycles. The molecule has 0 radical (unpaired) electrons. The van der Waals surface area contributed by atoms with Gasteiger partial charge in [0, 0.05) is 12.6 Å². The Kier molecular flexibility index (Phi) is 11.0. The monoisotopic (exact) mass is 318 g/mol. The quantitative estimate of drug-likeness (QED) is 0.495. The van der Waals surface area contributed by atoms with Crippen molar-refractivity contribution in [1.82, 2.24) is 10.2 Å². The lowest BCUT2D eigenvalue weighted by atomic mass is 10.0. The number of unbranched alkanes of at least 4 members (excludes halogenated alkanes) is 5. The minimum absolute atomic E-state index is 0.491. The van der Waals surface area contributed by atoms with Gasteiger partial charge in [-0.1, -0.05) is 82.7 Å². The standard InChI is InChI=1S/C21H38N2/c1-5-8-9-10-11-12-17-22-18-21(23(6-2)7-3)20-15-13-19(4)14-16-20/h13-16,21-22H,5-12,17-18H2,1-4H3. The number of nitrogens with zero attached hydrogens (tertiary/aromatic N) is 1. The molecule has 0 aliphatic rings. The van der Waals surface area contributed by atoms with Crippen molar-refractivity contribution in [3.8, 4) is 0 Å². The van der Waals surface area contributed by atoms with Gasteiger partial charge in [0.05, 0.1) is 0 Å². The van der Waals surface area contributed by atoms with Gasteiger partial charge in [0.25, 0.3) is 0 Å². The predicted molar refractivity (Wildman–Crippen MR) is 103 cm³/mol. The van der Waals surface area contributed by atoms with Gasteiger partial charge < -0.3 is 5.32 Å². The van der Waals surface area contributed by atoms with Gasteiger partial charge in [-0.2, -0.15) is 0 Å². The molecule has 1 N–H and O–H groups in total. The van der Waals surface area contributed by atoms with Gasteiger partial charge >= 0.3 is 0 Å². The van der Waals surface area contributed by atoms with Gasteiger partial charge in [0.1, 0.15) is 0 Å². The van der Waals surface area contributed by atoms with Crippen LogP contribution in [-0.4, -0.2) is 31.1 Å². The van der Waals surface area contributed by atoms with Gasteiger partial charge in [0.2, 0.25) is 0 Å². The molecule has 0 saturated carbocycles. The smallest absolute Gasteiger partial charge is 0.0472 e. The molecule has 1 aromatic carbocycles. The molecule has 0 heterocycles. The average Bonchev–Trinajstić information content (AvgIpc) is 2.57. The van der Waals surface area contributed by atoms with Crippen LogP contribution in [0.2, 0.25) is 0 Å². The molecular formula is C21H38N2. The van der Waals surface area contributed by atoms with Crippen molar-refractivity contribution in [2.75, 3.05) is 26.2 Å². The molecule has 1 atom stereocenters. The number of rotatable bonds is 13. The number of benzene rings is 1. The third-order valence-corrected chi connectivity index (χ3v) is 4.76. The van der Waals surface area contributed by atoms with E-state index in [0.29, 0.717) is 6.04 Å². The summed E-state index contributed by atoms with van der Waals surface area (Å²) in [5.41, 5.74) is 2.78. The van der Waals surface area contributed by atoms with E-state index in [9.17, 15) is 0 Å². The summed E-state index contributed by atoms with van der Waals surface area (Å²) in [6.45, 7) is 13.4. The van der Waals surface area contributed by atoms with Gasteiger partial charge in [-0.05, 0) is 38.5 Å². The Bertz CT molecular complexity index is 381. The van der Waals surface area contributed by atoms with E-state index in [1.165, 1.54) is 49.7 Å². The topological polar surface area (TPSA) is 15.3 Å². The minimum atomic E-state index is 0.491. The van der Waals surface area contributed by atoms with Crippen molar-refractivity contribution in [1.29, 1.82) is 0 Å². The summed E-state index contributed by atoms with van der Waals surface area (Å²) in [5, 5.41) is 3.70. The molecule has 2 nitrogen and oxygen atoms in total. The normalized spacial score (nSPS) is 12.7. The van der Waals surface area contributed by atoms with Gasteiger partial charge in [-0.3, -0.25) is 4.90 Å². The highest BCUT2D eigenvalue weighted by Gasteiger charge is 2.17. The molecular weight excluding hydrogens is 280 g/mol. The Labute approximate surface area is 144 Å². The van der Waals surface area contributed by atoms with Crippen LogP contribution in [0.15, 0.2) is 24.3 Å². The summed E-state index contributed by atoms with van der Waals surface area (Å²) in [6, 6.07) is 9.56. The van der Waals surface area contributed by atoms with Gasteiger partial charge in [0.15, 0.2) is 0 Å². The largest absolute Gasteiger partial charge is 0.315 e. The molecule has 2 heteroatoms. The number of likely N-dealkylation sites (N-methyl/N-ethyl adjacent to an activating group) is 1. The summed E-state index contributed by atoms with van der Waals surface area (Å²) < 4.78 is 0. The van der Waals surface area contributed by atoms with E-state index in [0.717, 1.165) is 26.2 Å². The minimum Gasteiger partial charge on any atom is -0.315 e. The SMILES string of the molecule is CCCCCCCCNCC(c1ccc(C)cc1)N(CC)CC. The number of hydrogen-bond donors (Lipinski definition) is 1. The van der Waals surface area contributed by atoms with Crippen LogP contribution in [0.3, 0.4) is 0 Å². The zero-order chi connectivity index (χ0) is 16.9. The first kappa shape index (κ1) is 20.2. The Morgan fingerprint density at radius 3 is 2.09 bits per heavy atom. The second-order valence-corrected chi connectivity index (χ2v) is 6.62.